The number of hydrogen-bond acceptors (Lipinski definition) is 2. The summed E-state index contributed by atoms with van der Waals surface area (Å²) in [6, 6.07) is 2.30. The topological polar surface area (TPSA) is 29.5 Å². The van der Waals surface area contributed by atoms with Crippen LogP contribution in [0.25, 0.3) is 0 Å². The van der Waals surface area contributed by atoms with Gasteiger partial charge in [-0.25, -0.2) is 4.39 Å². The van der Waals surface area contributed by atoms with Crippen LogP contribution in [0.1, 0.15) is 19.8 Å². The minimum absolute atomic E-state index is 0.173. The van der Waals surface area contributed by atoms with Gasteiger partial charge in [0.2, 0.25) is 0 Å². The summed E-state index contributed by atoms with van der Waals surface area (Å²) in [4.78, 5) is 0. The fraction of sp³-hybridized carbons (Fsp3) is 0.400. The van der Waals surface area contributed by atoms with Crippen LogP contribution in [0.2, 0.25) is 0 Å². The summed E-state index contributed by atoms with van der Waals surface area (Å²) >= 11 is 3.13. The van der Waals surface area contributed by atoms with Gasteiger partial charge in [0.25, 0.3) is 0 Å². The highest BCUT2D eigenvalue weighted by Gasteiger charge is 2.09. The summed E-state index contributed by atoms with van der Waals surface area (Å²) in [5, 5.41) is 9.38. The molecule has 0 aromatic heterocycles. The number of benzene rings is 1. The molecule has 0 heterocycles. The van der Waals surface area contributed by atoms with Gasteiger partial charge in [-0.15, -0.1) is 0 Å². The van der Waals surface area contributed by atoms with E-state index in [9.17, 15) is 9.50 Å². The molecule has 0 atom stereocenters. The maximum Gasteiger partial charge on any atom is 0.175 e. The van der Waals surface area contributed by atoms with Crippen LogP contribution in [0.15, 0.2) is 16.6 Å². The Morgan fingerprint density at radius 3 is 2.79 bits per heavy atom. The van der Waals surface area contributed by atoms with Crippen molar-refractivity contribution < 1.29 is 14.2 Å². The number of aromatic hydroxyl groups is 1. The Hall–Kier alpha value is -0.770. The van der Waals surface area contributed by atoms with Crippen LogP contribution in [-0.2, 0) is 0 Å². The van der Waals surface area contributed by atoms with E-state index in [1.807, 2.05) is 6.92 Å². The molecular formula is C10H12BrFO2. The van der Waals surface area contributed by atoms with Crippen molar-refractivity contribution >= 4 is 15.9 Å². The zero-order valence-corrected chi connectivity index (χ0v) is 9.47. The molecule has 0 aliphatic carbocycles. The average molecular weight is 263 g/mol. The summed E-state index contributed by atoms with van der Waals surface area (Å²) in [6.45, 7) is 2.57. The Bertz CT molecular complexity index is 292. The van der Waals surface area contributed by atoms with Crippen molar-refractivity contribution in [3.63, 3.8) is 0 Å². The second-order valence-corrected chi connectivity index (χ2v) is 3.79. The second kappa shape index (κ2) is 5.20. The van der Waals surface area contributed by atoms with Crippen LogP contribution < -0.4 is 4.74 Å². The molecule has 0 aliphatic heterocycles. The molecule has 0 aliphatic rings. The Balaban J connectivity index is 2.75. The van der Waals surface area contributed by atoms with Crippen molar-refractivity contribution in [3.8, 4) is 11.5 Å². The minimum atomic E-state index is -0.489. The molecule has 0 saturated carbocycles. The SMILES string of the molecule is CCCCOc1c(O)cc(F)cc1Br. The van der Waals surface area contributed by atoms with Crippen molar-refractivity contribution in [1.82, 2.24) is 0 Å². The average Bonchev–Trinajstić information content (AvgIpc) is 2.09. The van der Waals surface area contributed by atoms with Crippen molar-refractivity contribution in [3.05, 3.63) is 22.4 Å². The Morgan fingerprint density at radius 2 is 2.21 bits per heavy atom. The molecule has 1 rings (SSSR count). The second-order valence-electron chi connectivity index (χ2n) is 2.94. The summed E-state index contributed by atoms with van der Waals surface area (Å²) in [5.41, 5.74) is 0. The Labute approximate surface area is 90.8 Å². The molecule has 0 bridgehead atoms. The minimum Gasteiger partial charge on any atom is -0.504 e. The van der Waals surface area contributed by atoms with Crippen molar-refractivity contribution in [1.29, 1.82) is 0 Å². The molecule has 1 N–H and O–H groups in total. The highest BCUT2D eigenvalue weighted by molar-refractivity contribution is 9.10. The number of phenolic OH excluding ortho intramolecular Hbond substituents is 1. The lowest BCUT2D eigenvalue weighted by molar-refractivity contribution is 0.290. The third kappa shape index (κ3) is 2.87. The number of ether oxygens (including phenoxy) is 1. The molecule has 0 saturated heterocycles. The lowest BCUT2D eigenvalue weighted by atomic mass is 10.3. The maximum absolute atomic E-state index is 12.8. The number of rotatable bonds is 4. The number of halogens is 2. The molecule has 0 fully saturated rings. The molecule has 78 valence electrons. The highest BCUT2D eigenvalue weighted by Crippen LogP contribution is 2.35. The normalized spacial score (nSPS) is 10.2. The van der Waals surface area contributed by atoms with Crippen LogP contribution in [0.4, 0.5) is 4.39 Å². The summed E-state index contributed by atoms with van der Waals surface area (Å²) < 4.78 is 18.5. The number of hydrogen-bond donors (Lipinski definition) is 1. The van der Waals surface area contributed by atoms with Crippen LogP contribution in [-0.4, -0.2) is 11.7 Å². The van der Waals surface area contributed by atoms with Crippen molar-refractivity contribution in [2.75, 3.05) is 6.61 Å². The third-order valence-electron chi connectivity index (χ3n) is 1.73. The standard InChI is InChI=1S/C10H12BrFO2/c1-2-3-4-14-10-8(11)5-7(12)6-9(10)13/h5-6,13H,2-4H2,1H3. The molecule has 0 amide bonds. The van der Waals surface area contributed by atoms with Crippen LogP contribution in [0.3, 0.4) is 0 Å². The van der Waals surface area contributed by atoms with E-state index in [1.54, 1.807) is 0 Å². The third-order valence-corrected chi connectivity index (χ3v) is 2.32. The molecular weight excluding hydrogens is 251 g/mol. The first kappa shape index (κ1) is 11.3. The van der Waals surface area contributed by atoms with Crippen molar-refractivity contribution in [2.45, 2.75) is 19.8 Å². The van der Waals surface area contributed by atoms with Gasteiger partial charge in [0, 0.05) is 6.07 Å². The molecule has 4 heteroatoms. The van der Waals surface area contributed by atoms with E-state index in [0.717, 1.165) is 18.9 Å². The van der Waals surface area contributed by atoms with E-state index in [-0.39, 0.29) is 5.75 Å². The van der Waals surface area contributed by atoms with Gasteiger partial charge in [-0.2, -0.15) is 0 Å². The van der Waals surface area contributed by atoms with Gasteiger partial charge in [-0.3, -0.25) is 0 Å². The predicted molar refractivity (Wildman–Crippen MR) is 56.2 cm³/mol. The van der Waals surface area contributed by atoms with Gasteiger partial charge in [-0.05, 0) is 28.4 Å². The fourth-order valence-corrected chi connectivity index (χ4v) is 1.54. The molecule has 0 unspecified atom stereocenters. The molecule has 1 aromatic carbocycles. The number of phenols is 1. The molecule has 2 nitrogen and oxygen atoms in total. The van der Waals surface area contributed by atoms with E-state index >= 15 is 0 Å². The molecule has 1 aromatic rings. The molecule has 0 radical (unpaired) electrons. The van der Waals surface area contributed by atoms with Crippen LogP contribution in [0, 0.1) is 5.82 Å². The summed E-state index contributed by atoms with van der Waals surface area (Å²) in [7, 11) is 0. The zero-order chi connectivity index (χ0) is 10.6. The zero-order valence-electron chi connectivity index (χ0n) is 7.89. The predicted octanol–water partition coefficient (Wildman–Crippen LogP) is 3.47. The number of unbranched alkanes of at least 4 members (excludes halogenated alkanes) is 1. The summed E-state index contributed by atoms with van der Waals surface area (Å²) in [6.07, 6.45) is 1.92. The van der Waals surface area contributed by atoms with E-state index in [2.05, 4.69) is 15.9 Å². The van der Waals surface area contributed by atoms with Gasteiger partial charge in [-0.1, -0.05) is 13.3 Å². The quantitative estimate of drug-likeness (QED) is 0.843. The first-order valence-electron chi connectivity index (χ1n) is 4.46. The van der Waals surface area contributed by atoms with E-state index in [0.29, 0.717) is 16.8 Å². The first-order chi connectivity index (χ1) is 6.65. The van der Waals surface area contributed by atoms with Crippen molar-refractivity contribution in [2.24, 2.45) is 0 Å². The first-order valence-corrected chi connectivity index (χ1v) is 5.25. The monoisotopic (exact) mass is 262 g/mol. The maximum atomic E-state index is 12.8. The Morgan fingerprint density at radius 1 is 1.50 bits per heavy atom. The lowest BCUT2D eigenvalue weighted by Crippen LogP contribution is -1.97. The van der Waals surface area contributed by atoms with Gasteiger partial charge < -0.3 is 9.84 Å². The van der Waals surface area contributed by atoms with Gasteiger partial charge in [0.05, 0.1) is 11.1 Å². The fourth-order valence-electron chi connectivity index (χ4n) is 1.01. The Kier molecular flexibility index (Phi) is 4.20. The van der Waals surface area contributed by atoms with Gasteiger partial charge in [0.1, 0.15) is 5.82 Å². The van der Waals surface area contributed by atoms with E-state index < -0.39 is 5.82 Å². The molecule has 14 heavy (non-hydrogen) atoms. The summed E-state index contributed by atoms with van der Waals surface area (Å²) in [5.74, 6) is -0.356. The van der Waals surface area contributed by atoms with Crippen LogP contribution >= 0.6 is 15.9 Å². The van der Waals surface area contributed by atoms with Gasteiger partial charge in [0.15, 0.2) is 11.5 Å². The van der Waals surface area contributed by atoms with Gasteiger partial charge >= 0.3 is 0 Å². The molecule has 0 spiro atoms. The highest BCUT2D eigenvalue weighted by atomic mass is 79.9. The van der Waals surface area contributed by atoms with E-state index in [1.165, 1.54) is 6.07 Å². The van der Waals surface area contributed by atoms with Crippen LogP contribution in [0.5, 0.6) is 11.5 Å². The smallest absolute Gasteiger partial charge is 0.175 e. The largest absolute Gasteiger partial charge is 0.504 e. The van der Waals surface area contributed by atoms with E-state index in [4.69, 9.17) is 4.74 Å². The lowest BCUT2D eigenvalue weighted by Gasteiger charge is -2.09.